The van der Waals surface area contributed by atoms with Crippen molar-refractivity contribution in [1.82, 2.24) is 24.8 Å². The van der Waals surface area contributed by atoms with Crippen LogP contribution in [0.4, 0.5) is 0 Å². The van der Waals surface area contributed by atoms with E-state index in [1.54, 1.807) is 38.4 Å². The van der Waals surface area contributed by atoms with Crippen molar-refractivity contribution < 1.29 is 24.2 Å². The number of aliphatic hydroxyl groups excluding tert-OH is 1. The van der Waals surface area contributed by atoms with Gasteiger partial charge in [-0.2, -0.15) is 0 Å². The van der Waals surface area contributed by atoms with E-state index in [-0.39, 0.29) is 43.5 Å². The molecule has 6 atom stereocenters. The molecule has 3 fully saturated rings. The topological polar surface area (TPSA) is 118 Å². The monoisotopic (exact) mass is 615 g/mol. The van der Waals surface area contributed by atoms with Gasteiger partial charge in [0.15, 0.2) is 0 Å². The van der Waals surface area contributed by atoms with Crippen LogP contribution in [0.2, 0.25) is 0 Å². The van der Waals surface area contributed by atoms with Gasteiger partial charge in [0.1, 0.15) is 18.2 Å². The Balaban J connectivity index is 1.39. The predicted molar refractivity (Wildman–Crippen MR) is 167 cm³/mol. The molecule has 2 bridgehead atoms. The van der Waals surface area contributed by atoms with E-state index in [1.165, 1.54) is 0 Å². The number of nitrogens with zero attached hydrogens (tertiary/aromatic N) is 5. The van der Waals surface area contributed by atoms with Gasteiger partial charge in [-0.15, -0.1) is 30.0 Å². The van der Waals surface area contributed by atoms with Crippen LogP contribution in [0, 0.1) is 11.8 Å². The highest BCUT2D eigenvalue weighted by Crippen LogP contribution is 2.67. The first-order valence-corrected chi connectivity index (χ1v) is 15.9. The van der Waals surface area contributed by atoms with Gasteiger partial charge in [0.2, 0.25) is 11.8 Å². The first-order valence-electron chi connectivity index (χ1n) is 15.0. The van der Waals surface area contributed by atoms with Gasteiger partial charge in [-0.3, -0.25) is 14.4 Å². The van der Waals surface area contributed by atoms with Crippen molar-refractivity contribution in [3.63, 3.8) is 0 Å². The lowest BCUT2D eigenvalue weighted by Gasteiger charge is -2.39. The number of thioether (sulfide) groups is 1. The van der Waals surface area contributed by atoms with Gasteiger partial charge >= 0.3 is 5.97 Å². The molecule has 0 aliphatic carbocycles. The van der Waals surface area contributed by atoms with Crippen molar-refractivity contribution in [3.05, 3.63) is 85.5 Å². The molecule has 0 saturated carbocycles. The number of rotatable bonds is 13. The molecule has 2 aromatic carbocycles. The number of esters is 1. The number of amides is 2. The maximum Gasteiger partial charge on any atom is 0.310 e. The van der Waals surface area contributed by atoms with Crippen molar-refractivity contribution in [3.8, 4) is 0 Å². The average molecular weight is 616 g/mol. The number of para-hydroxylation sites is 1. The number of aromatic nitrogens is 3. The zero-order chi connectivity index (χ0) is 30.8. The number of benzene rings is 2. The van der Waals surface area contributed by atoms with Crippen molar-refractivity contribution in [2.24, 2.45) is 11.8 Å². The van der Waals surface area contributed by atoms with E-state index >= 15 is 0 Å². The molecule has 10 nitrogen and oxygen atoms in total. The summed E-state index contributed by atoms with van der Waals surface area (Å²) in [5.41, 5.74) is 2.43. The Morgan fingerprint density at radius 1 is 1.16 bits per heavy atom. The van der Waals surface area contributed by atoms with Crippen LogP contribution in [0.3, 0.4) is 0 Å². The molecule has 230 valence electrons. The number of carbonyl (C=O) groups is 3. The summed E-state index contributed by atoms with van der Waals surface area (Å²) in [6.07, 6.45) is 5.53. The maximum atomic E-state index is 14.8. The SMILES string of the molecule is C=CCCOC(=O)[C@@H]1[C@H]2C(=O)N([C@@H](CO)Cc3ccccc3)C(C(=O)N(CC=C)Cn3nnc4ccccc43)C23CC[C@H]1S3. The molecule has 4 heterocycles. The number of hydrogen-bond donors (Lipinski definition) is 1. The summed E-state index contributed by atoms with van der Waals surface area (Å²) in [4.78, 5) is 46.1. The molecule has 6 rings (SSSR count). The number of fused-ring (bicyclic) bond motifs is 2. The highest BCUT2D eigenvalue weighted by atomic mass is 32.2. The molecule has 44 heavy (non-hydrogen) atoms. The summed E-state index contributed by atoms with van der Waals surface area (Å²) < 4.78 is 6.45. The van der Waals surface area contributed by atoms with Crippen LogP contribution in [-0.2, 0) is 32.2 Å². The van der Waals surface area contributed by atoms with E-state index in [9.17, 15) is 19.5 Å². The summed E-state index contributed by atoms with van der Waals surface area (Å²) >= 11 is 1.58. The van der Waals surface area contributed by atoms with Gasteiger partial charge in [-0.25, -0.2) is 4.68 Å². The molecular formula is C33H37N5O5S. The molecule has 2 amide bonds. The summed E-state index contributed by atoms with van der Waals surface area (Å²) in [5, 5.41) is 19.1. The molecule has 0 radical (unpaired) electrons. The van der Waals surface area contributed by atoms with E-state index in [1.807, 2.05) is 54.6 Å². The quantitative estimate of drug-likeness (QED) is 0.177. The van der Waals surface area contributed by atoms with E-state index < -0.39 is 34.6 Å². The van der Waals surface area contributed by atoms with Gasteiger partial charge < -0.3 is 19.6 Å². The van der Waals surface area contributed by atoms with Crippen LogP contribution in [-0.4, -0.2) is 89.5 Å². The van der Waals surface area contributed by atoms with Gasteiger partial charge in [0, 0.05) is 11.8 Å². The molecule has 1 aromatic heterocycles. The minimum Gasteiger partial charge on any atom is -0.465 e. The lowest BCUT2D eigenvalue weighted by molar-refractivity contribution is -0.154. The third-order valence-electron chi connectivity index (χ3n) is 9.11. The van der Waals surface area contributed by atoms with Crippen LogP contribution < -0.4 is 0 Å². The van der Waals surface area contributed by atoms with Crippen molar-refractivity contribution in [2.75, 3.05) is 19.8 Å². The van der Waals surface area contributed by atoms with Crippen LogP contribution in [0.25, 0.3) is 11.0 Å². The van der Waals surface area contributed by atoms with E-state index in [0.29, 0.717) is 31.2 Å². The molecule has 1 spiro atoms. The largest absolute Gasteiger partial charge is 0.465 e. The van der Waals surface area contributed by atoms with Crippen molar-refractivity contribution in [2.45, 2.75) is 54.4 Å². The molecule has 3 saturated heterocycles. The lowest BCUT2D eigenvalue weighted by Crippen LogP contribution is -2.58. The highest BCUT2D eigenvalue weighted by Gasteiger charge is 2.74. The van der Waals surface area contributed by atoms with Crippen LogP contribution >= 0.6 is 11.8 Å². The summed E-state index contributed by atoms with van der Waals surface area (Å²) in [6, 6.07) is 15.6. The summed E-state index contributed by atoms with van der Waals surface area (Å²) in [5.74, 6) is -2.32. The molecular weight excluding hydrogens is 578 g/mol. The molecule has 3 aliphatic rings. The lowest BCUT2D eigenvalue weighted by atomic mass is 9.71. The predicted octanol–water partition coefficient (Wildman–Crippen LogP) is 3.22. The van der Waals surface area contributed by atoms with Crippen molar-refractivity contribution >= 4 is 40.6 Å². The van der Waals surface area contributed by atoms with Crippen molar-refractivity contribution in [1.29, 1.82) is 0 Å². The molecule has 2 unspecified atom stereocenters. The Hall–Kier alpha value is -3.96. The van der Waals surface area contributed by atoms with Gasteiger partial charge in [0.25, 0.3) is 0 Å². The van der Waals surface area contributed by atoms with Gasteiger partial charge in [0.05, 0.1) is 41.4 Å². The zero-order valence-corrected chi connectivity index (χ0v) is 25.3. The van der Waals surface area contributed by atoms with Crippen LogP contribution in [0.1, 0.15) is 24.8 Å². The number of likely N-dealkylation sites (tertiary alicyclic amines) is 1. The zero-order valence-electron chi connectivity index (χ0n) is 24.5. The fourth-order valence-corrected chi connectivity index (χ4v) is 9.42. The smallest absolute Gasteiger partial charge is 0.310 e. The maximum absolute atomic E-state index is 14.8. The third kappa shape index (κ3) is 5.11. The molecule has 11 heteroatoms. The highest BCUT2D eigenvalue weighted by molar-refractivity contribution is 8.02. The fourth-order valence-electron chi connectivity index (χ4n) is 7.24. The Morgan fingerprint density at radius 3 is 2.68 bits per heavy atom. The Kier molecular flexibility index (Phi) is 8.59. The first-order chi connectivity index (χ1) is 21.4. The first kappa shape index (κ1) is 30.1. The minimum absolute atomic E-state index is 0.105. The Bertz CT molecular complexity index is 1560. The second kappa shape index (κ2) is 12.6. The van der Waals surface area contributed by atoms with Gasteiger partial charge in [-0.1, -0.05) is 59.8 Å². The number of carbonyl (C=O) groups excluding carboxylic acids is 3. The molecule has 3 aromatic rings. The Morgan fingerprint density at radius 2 is 1.93 bits per heavy atom. The molecule has 1 N–H and O–H groups in total. The van der Waals surface area contributed by atoms with E-state index in [4.69, 9.17) is 4.74 Å². The van der Waals surface area contributed by atoms with Crippen LogP contribution in [0.15, 0.2) is 79.9 Å². The van der Waals surface area contributed by atoms with Gasteiger partial charge in [-0.05, 0) is 43.4 Å². The number of aliphatic hydroxyl groups is 1. The third-order valence-corrected chi connectivity index (χ3v) is 11.1. The number of ether oxygens (including phenoxy) is 1. The summed E-state index contributed by atoms with van der Waals surface area (Å²) in [6.45, 7) is 7.78. The normalized spacial score (nSPS) is 26.0. The van der Waals surface area contributed by atoms with E-state index in [2.05, 4.69) is 23.5 Å². The second-order valence-corrected chi connectivity index (χ2v) is 13.2. The van der Waals surface area contributed by atoms with Crippen LogP contribution in [0.5, 0.6) is 0 Å². The standard InChI is InChI=1S/C33H37N5O5S/c1-3-5-18-43-32(42)27-26-15-16-33(44-26)28(27)30(40)38(23(20-39)19-22-11-7-6-8-12-22)29(33)31(41)36(17-4-2)21-37-25-14-10-9-13-24(25)34-35-37/h3-4,6-14,23,26-29,39H,1-2,5,15-21H2/t23-,26-,27+,28+,29?,33?/m1/s1. The second-order valence-electron chi connectivity index (χ2n) is 11.6. The number of hydrogen-bond acceptors (Lipinski definition) is 8. The average Bonchev–Trinajstić information content (AvgIpc) is 3.79. The summed E-state index contributed by atoms with van der Waals surface area (Å²) in [7, 11) is 0. The fraction of sp³-hybridized carbons (Fsp3) is 0.424. The Labute approximate surface area is 260 Å². The van der Waals surface area contributed by atoms with E-state index in [0.717, 1.165) is 11.1 Å². The molecule has 3 aliphatic heterocycles. The minimum atomic E-state index is -0.892.